The summed E-state index contributed by atoms with van der Waals surface area (Å²) >= 11 is 0. The van der Waals surface area contributed by atoms with Crippen LogP contribution in [-0.4, -0.2) is 11.9 Å². The quantitative estimate of drug-likeness (QED) is 0.884. The van der Waals surface area contributed by atoms with E-state index in [0.717, 1.165) is 41.9 Å². The van der Waals surface area contributed by atoms with Crippen LogP contribution in [-0.2, 0) is 11.3 Å². The highest BCUT2D eigenvalue weighted by Gasteiger charge is 2.27. The average Bonchev–Trinajstić information content (AvgIpc) is 3.02. The summed E-state index contributed by atoms with van der Waals surface area (Å²) < 4.78 is 6.04. The highest BCUT2D eigenvalue weighted by molar-refractivity contribution is 5.79. The van der Waals surface area contributed by atoms with E-state index in [2.05, 4.69) is 5.32 Å². The van der Waals surface area contributed by atoms with Crippen LogP contribution in [0.25, 0.3) is 0 Å². The third-order valence-corrected chi connectivity index (χ3v) is 4.58. The van der Waals surface area contributed by atoms with Crippen molar-refractivity contribution < 1.29 is 9.53 Å². The molecule has 1 amide bonds. The van der Waals surface area contributed by atoms with Crippen LogP contribution in [0.3, 0.4) is 0 Å². The molecule has 0 heterocycles. The van der Waals surface area contributed by atoms with Crippen molar-refractivity contribution in [3.05, 3.63) is 59.7 Å². The Morgan fingerprint density at radius 3 is 2.54 bits per heavy atom. The summed E-state index contributed by atoms with van der Waals surface area (Å²) in [6.07, 6.45) is 2.60. The molecular weight excluding hydrogens is 300 g/mol. The molecule has 0 saturated heterocycles. The molecule has 2 aromatic rings. The first kappa shape index (κ1) is 16.5. The molecular formula is C20H24N2O2. The number of hydrogen-bond donors (Lipinski definition) is 2. The number of amides is 1. The molecule has 1 saturated carbocycles. The van der Waals surface area contributed by atoms with Crippen LogP contribution < -0.4 is 15.8 Å². The molecule has 126 valence electrons. The van der Waals surface area contributed by atoms with Gasteiger partial charge in [-0.05, 0) is 43.9 Å². The Hall–Kier alpha value is -2.33. The largest absolute Gasteiger partial charge is 0.457 e. The zero-order chi connectivity index (χ0) is 16.9. The van der Waals surface area contributed by atoms with Crippen molar-refractivity contribution in [1.29, 1.82) is 0 Å². The molecule has 1 aliphatic rings. The van der Waals surface area contributed by atoms with Crippen LogP contribution in [0.5, 0.6) is 11.5 Å². The SMILES string of the molecule is Cc1ccccc1Oc1ccccc1CNC(=O)C1CCC(N)C1. The Kier molecular flexibility index (Phi) is 5.16. The molecule has 1 fully saturated rings. The van der Waals surface area contributed by atoms with E-state index in [9.17, 15) is 4.79 Å². The molecule has 0 aliphatic heterocycles. The van der Waals surface area contributed by atoms with E-state index in [4.69, 9.17) is 10.5 Å². The lowest BCUT2D eigenvalue weighted by Gasteiger charge is -2.15. The molecule has 4 nitrogen and oxygen atoms in total. The molecule has 3 N–H and O–H groups in total. The maximum absolute atomic E-state index is 12.3. The van der Waals surface area contributed by atoms with E-state index < -0.39 is 0 Å². The predicted octanol–water partition coefficient (Wildman–Crippen LogP) is 3.53. The zero-order valence-electron chi connectivity index (χ0n) is 14.0. The fourth-order valence-corrected chi connectivity index (χ4v) is 3.12. The number of para-hydroxylation sites is 2. The number of carbonyl (C=O) groups is 1. The summed E-state index contributed by atoms with van der Waals surface area (Å²) in [5.41, 5.74) is 7.94. The van der Waals surface area contributed by atoms with Gasteiger partial charge in [0.15, 0.2) is 0 Å². The van der Waals surface area contributed by atoms with Gasteiger partial charge in [-0.1, -0.05) is 36.4 Å². The van der Waals surface area contributed by atoms with Gasteiger partial charge >= 0.3 is 0 Å². The molecule has 0 bridgehead atoms. The highest BCUT2D eigenvalue weighted by atomic mass is 16.5. The monoisotopic (exact) mass is 324 g/mol. The van der Waals surface area contributed by atoms with E-state index >= 15 is 0 Å². The molecule has 24 heavy (non-hydrogen) atoms. The predicted molar refractivity (Wildman–Crippen MR) is 94.9 cm³/mol. The Morgan fingerprint density at radius 2 is 1.83 bits per heavy atom. The van der Waals surface area contributed by atoms with Gasteiger partial charge in [0.2, 0.25) is 5.91 Å². The first-order chi connectivity index (χ1) is 11.6. The minimum atomic E-state index is 0.0458. The summed E-state index contributed by atoms with van der Waals surface area (Å²) in [4.78, 5) is 12.3. The topological polar surface area (TPSA) is 64.3 Å². The van der Waals surface area contributed by atoms with Crippen LogP contribution in [0.15, 0.2) is 48.5 Å². The number of nitrogens with one attached hydrogen (secondary N) is 1. The first-order valence-electron chi connectivity index (χ1n) is 8.48. The van der Waals surface area contributed by atoms with Gasteiger partial charge in [0, 0.05) is 24.1 Å². The normalized spacial score (nSPS) is 19.9. The van der Waals surface area contributed by atoms with Gasteiger partial charge in [-0.15, -0.1) is 0 Å². The summed E-state index contributed by atoms with van der Waals surface area (Å²) in [7, 11) is 0. The van der Waals surface area contributed by atoms with Crippen LogP contribution >= 0.6 is 0 Å². The molecule has 3 rings (SSSR count). The number of nitrogens with two attached hydrogens (primary N) is 1. The molecule has 0 radical (unpaired) electrons. The summed E-state index contributed by atoms with van der Waals surface area (Å²) in [6.45, 7) is 2.48. The van der Waals surface area contributed by atoms with Gasteiger partial charge in [0.25, 0.3) is 0 Å². The average molecular weight is 324 g/mol. The second kappa shape index (κ2) is 7.49. The standard InChI is InChI=1S/C20H24N2O2/c1-14-6-2-4-8-18(14)24-19-9-5-3-7-16(19)13-22-20(23)15-10-11-17(21)12-15/h2-9,15,17H,10-13,21H2,1H3,(H,22,23). The Labute approximate surface area is 143 Å². The minimum Gasteiger partial charge on any atom is -0.457 e. The van der Waals surface area contributed by atoms with Crippen molar-refractivity contribution in [3.63, 3.8) is 0 Å². The number of rotatable bonds is 5. The molecule has 2 atom stereocenters. The van der Waals surface area contributed by atoms with Crippen molar-refractivity contribution in [2.24, 2.45) is 11.7 Å². The van der Waals surface area contributed by atoms with Gasteiger partial charge < -0.3 is 15.8 Å². The van der Waals surface area contributed by atoms with E-state index in [1.165, 1.54) is 0 Å². The number of ether oxygens (including phenoxy) is 1. The fourth-order valence-electron chi connectivity index (χ4n) is 3.12. The zero-order valence-corrected chi connectivity index (χ0v) is 14.0. The Balaban J connectivity index is 1.66. The van der Waals surface area contributed by atoms with E-state index in [1.54, 1.807) is 0 Å². The van der Waals surface area contributed by atoms with Crippen LogP contribution in [0, 0.1) is 12.8 Å². The van der Waals surface area contributed by atoms with Crippen molar-refractivity contribution in [2.75, 3.05) is 0 Å². The minimum absolute atomic E-state index is 0.0458. The maximum Gasteiger partial charge on any atom is 0.223 e. The van der Waals surface area contributed by atoms with Gasteiger partial charge in [-0.2, -0.15) is 0 Å². The van der Waals surface area contributed by atoms with E-state index in [1.807, 2.05) is 55.5 Å². The highest BCUT2D eigenvalue weighted by Crippen LogP contribution is 2.28. The molecule has 0 aromatic heterocycles. The maximum atomic E-state index is 12.3. The lowest BCUT2D eigenvalue weighted by molar-refractivity contribution is -0.125. The number of hydrogen-bond acceptors (Lipinski definition) is 3. The van der Waals surface area contributed by atoms with Crippen LogP contribution in [0.4, 0.5) is 0 Å². The second-order valence-electron chi connectivity index (χ2n) is 6.46. The molecule has 2 unspecified atom stereocenters. The molecule has 4 heteroatoms. The third kappa shape index (κ3) is 3.95. The van der Waals surface area contributed by atoms with Crippen molar-refractivity contribution in [1.82, 2.24) is 5.32 Å². The lowest BCUT2D eigenvalue weighted by Crippen LogP contribution is -2.30. The van der Waals surface area contributed by atoms with Crippen molar-refractivity contribution in [2.45, 2.75) is 38.8 Å². The number of benzene rings is 2. The Morgan fingerprint density at radius 1 is 1.12 bits per heavy atom. The van der Waals surface area contributed by atoms with E-state index in [0.29, 0.717) is 6.54 Å². The number of aryl methyl sites for hydroxylation is 1. The second-order valence-corrected chi connectivity index (χ2v) is 6.46. The van der Waals surface area contributed by atoms with Gasteiger partial charge in [0.1, 0.15) is 11.5 Å². The molecule has 1 aliphatic carbocycles. The Bertz CT molecular complexity index is 714. The molecule has 0 spiro atoms. The fraction of sp³-hybridized carbons (Fsp3) is 0.350. The van der Waals surface area contributed by atoms with E-state index in [-0.39, 0.29) is 17.9 Å². The summed E-state index contributed by atoms with van der Waals surface area (Å²) in [5, 5.41) is 3.03. The van der Waals surface area contributed by atoms with Crippen molar-refractivity contribution >= 4 is 5.91 Å². The van der Waals surface area contributed by atoms with Crippen molar-refractivity contribution in [3.8, 4) is 11.5 Å². The van der Waals surface area contributed by atoms with Crippen LogP contribution in [0.1, 0.15) is 30.4 Å². The smallest absolute Gasteiger partial charge is 0.223 e. The van der Waals surface area contributed by atoms with Crippen LogP contribution in [0.2, 0.25) is 0 Å². The summed E-state index contributed by atoms with van der Waals surface area (Å²) in [5.74, 6) is 1.74. The summed E-state index contributed by atoms with van der Waals surface area (Å²) in [6, 6.07) is 15.9. The van der Waals surface area contributed by atoms with Gasteiger partial charge in [-0.25, -0.2) is 0 Å². The molecule has 2 aromatic carbocycles. The van der Waals surface area contributed by atoms with Gasteiger partial charge in [-0.3, -0.25) is 4.79 Å². The van der Waals surface area contributed by atoms with Gasteiger partial charge in [0.05, 0.1) is 0 Å². The lowest BCUT2D eigenvalue weighted by atomic mass is 10.1. The first-order valence-corrected chi connectivity index (χ1v) is 8.48. The number of carbonyl (C=O) groups excluding carboxylic acids is 1. The third-order valence-electron chi connectivity index (χ3n) is 4.58.